The molecule has 0 spiro atoms. The molecule has 3 rings (SSSR count). The zero-order valence-corrected chi connectivity index (χ0v) is 13.8. The third-order valence-electron chi connectivity index (χ3n) is 3.57. The number of carbonyl (C=O) groups excluding carboxylic acids is 1. The van der Waals surface area contributed by atoms with E-state index in [1.54, 1.807) is 44.5 Å². The number of furan rings is 1. The van der Waals surface area contributed by atoms with Gasteiger partial charge in [-0.25, -0.2) is 9.18 Å². The van der Waals surface area contributed by atoms with Crippen molar-refractivity contribution in [3.8, 4) is 11.4 Å². The molecular weight excluding hydrogens is 327 g/mol. The zero-order chi connectivity index (χ0) is 17.8. The van der Waals surface area contributed by atoms with Crippen LogP contribution >= 0.6 is 0 Å². The lowest BCUT2D eigenvalue weighted by molar-refractivity contribution is 0.196. The van der Waals surface area contributed by atoms with Crippen molar-refractivity contribution in [3.63, 3.8) is 0 Å². The van der Waals surface area contributed by atoms with Crippen molar-refractivity contribution in [2.24, 2.45) is 0 Å². The van der Waals surface area contributed by atoms with Crippen molar-refractivity contribution < 1.29 is 18.1 Å². The number of urea groups is 1. The maximum Gasteiger partial charge on any atom is 0.318 e. The third-order valence-corrected chi connectivity index (χ3v) is 3.57. The number of aromatic nitrogens is 2. The molecule has 0 aliphatic heterocycles. The molecule has 0 saturated carbocycles. The molecular formula is C17H17FN4O3. The van der Waals surface area contributed by atoms with Gasteiger partial charge in [-0.1, -0.05) is 5.16 Å². The Bertz CT molecular complexity index is 830. The lowest BCUT2D eigenvalue weighted by Gasteiger charge is -2.18. The molecule has 1 aromatic carbocycles. The van der Waals surface area contributed by atoms with Gasteiger partial charge < -0.3 is 19.2 Å². The van der Waals surface area contributed by atoms with Crippen LogP contribution in [0.1, 0.15) is 24.6 Å². The number of nitrogens with zero attached hydrogens (tertiary/aromatic N) is 3. The van der Waals surface area contributed by atoms with E-state index in [9.17, 15) is 9.18 Å². The number of nitrogens with one attached hydrogen (secondary N) is 1. The van der Waals surface area contributed by atoms with Gasteiger partial charge in [0.2, 0.25) is 11.7 Å². The highest BCUT2D eigenvalue weighted by atomic mass is 19.1. The van der Waals surface area contributed by atoms with E-state index in [1.165, 1.54) is 17.0 Å². The normalized spacial score (nSPS) is 12.0. The van der Waals surface area contributed by atoms with E-state index < -0.39 is 6.04 Å². The van der Waals surface area contributed by atoms with E-state index in [0.717, 1.165) is 0 Å². The SMILES string of the molecule is CC(NC(=O)N(C)Cc1ccco1)c1nc(-c2ccc(F)cc2)no1. The molecule has 130 valence electrons. The fourth-order valence-electron chi connectivity index (χ4n) is 2.19. The predicted molar refractivity (Wildman–Crippen MR) is 86.8 cm³/mol. The highest BCUT2D eigenvalue weighted by Gasteiger charge is 2.19. The first-order valence-corrected chi connectivity index (χ1v) is 7.66. The minimum absolute atomic E-state index is 0.263. The lowest BCUT2D eigenvalue weighted by Crippen LogP contribution is -2.38. The zero-order valence-electron chi connectivity index (χ0n) is 13.8. The van der Waals surface area contributed by atoms with Crippen molar-refractivity contribution in [3.05, 3.63) is 60.1 Å². The fraction of sp³-hybridized carbons (Fsp3) is 0.235. The summed E-state index contributed by atoms with van der Waals surface area (Å²) in [5.41, 5.74) is 0.630. The Balaban J connectivity index is 1.62. The Hall–Kier alpha value is -3.16. The van der Waals surface area contributed by atoms with Crippen LogP contribution in [0.15, 0.2) is 51.6 Å². The van der Waals surface area contributed by atoms with Crippen LogP contribution in [-0.4, -0.2) is 28.1 Å². The summed E-state index contributed by atoms with van der Waals surface area (Å²) in [6.07, 6.45) is 1.55. The van der Waals surface area contributed by atoms with Crippen molar-refractivity contribution in [2.45, 2.75) is 19.5 Å². The van der Waals surface area contributed by atoms with E-state index >= 15 is 0 Å². The monoisotopic (exact) mass is 344 g/mol. The molecule has 2 amide bonds. The van der Waals surface area contributed by atoms with Crippen LogP contribution < -0.4 is 5.32 Å². The highest BCUT2D eigenvalue weighted by molar-refractivity contribution is 5.74. The summed E-state index contributed by atoms with van der Waals surface area (Å²) in [6.45, 7) is 2.08. The van der Waals surface area contributed by atoms with Gasteiger partial charge in [-0.2, -0.15) is 4.98 Å². The Kier molecular flexibility index (Phi) is 4.78. The van der Waals surface area contributed by atoms with Crippen LogP contribution in [0.2, 0.25) is 0 Å². The van der Waals surface area contributed by atoms with Gasteiger partial charge in [0.15, 0.2) is 0 Å². The van der Waals surface area contributed by atoms with Crippen LogP contribution in [0, 0.1) is 5.82 Å². The van der Waals surface area contributed by atoms with Crippen molar-refractivity contribution in [1.82, 2.24) is 20.4 Å². The number of hydrogen-bond donors (Lipinski definition) is 1. The van der Waals surface area contributed by atoms with Gasteiger partial charge in [-0.15, -0.1) is 0 Å². The number of halogens is 1. The molecule has 0 aliphatic rings. The van der Waals surface area contributed by atoms with Gasteiger partial charge in [0.05, 0.1) is 12.8 Å². The first-order chi connectivity index (χ1) is 12.0. The average molecular weight is 344 g/mol. The average Bonchev–Trinajstić information content (AvgIpc) is 3.27. The number of rotatable bonds is 5. The molecule has 0 aliphatic carbocycles. The summed E-state index contributed by atoms with van der Waals surface area (Å²) in [4.78, 5) is 17.9. The Morgan fingerprint density at radius 1 is 1.32 bits per heavy atom. The van der Waals surface area contributed by atoms with Crippen molar-refractivity contribution >= 4 is 6.03 Å². The smallest absolute Gasteiger partial charge is 0.318 e. The summed E-state index contributed by atoms with van der Waals surface area (Å²) in [7, 11) is 1.66. The lowest BCUT2D eigenvalue weighted by atomic mass is 10.2. The van der Waals surface area contributed by atoms with Crippen molar-refractivity contribution in [1.29, 1.82) is 0 Å². The summed E-state index contributed by atoms with van der Waals surface area (Å²) in [5, 5.41) is 6.63. The van der Waals surface area contributed by atoms with Gasteiger partial charge in [-0.05, 0) is 43.3 Å². The third kappa shape index (κ3) is 4.03. The first-order valence-electron chi connectivity index (χ1n) is 7.66. The second kappa shape index (κ2) is 7.16. The molecule has 1 N–H and O–H groups in total. The summed E-state index contributed by atoms with van der Waals surface area (Å²) >= 11 is 0. The molecule has 0 radical (unpaired) electrons. The Morgan fingerprint density at radius 2 is 2.08 bits per heavy atom. The minimum Gasteiger partial charge on any atom is -0.467 e. The second-order valence-electron chi connectivity index (χ2n) is 5.57. The van der Waals surface area contributed by atoms with E-state index in [0.29, 0.717) is 23.7 Å². The first kappa shape index (κ1) is 16.7. The van der Waals surface area contributed by atoms with Gasteiger partial charge >= 0.3 is 6.03 Å². The summed E-state index contributed by atoms with van der Waals surface area (Å²) in [6, 6.07) is 8.53. The predicted octanol–water partition coefficient (Wildman–Crippen LogP) is 3.37. The molecule has 2 aromatic heterocycles. The molecule has 25 heavy (non-hydrogen) atoms. The number of carbonyl (C=O) groups is 1. The molecule has 1 atom stereocenters. The van der Waals surface area contributed by atoms with E-state index in [1.807, 2.05) is 0 Å². The molecule has 0 fully saturated rings. The van der Waals surface area contributed by atoms with Crippen LogP contribution in [0.4, 0.5) is 9.18 Å². The standard InChI is InChI=1S/C17H17FN4O3/c1-11(19-17(23)22(2)10-14-4-3-9-24-14)16-20-15(21-25-16)12-5-7-13(18)8-6-12/h3-9,11H,10H2,1-2H3,(H,19,23). The molecule has 2 heterocycles. The van der Waals surface area contributed by atoms with Crippen LogP contribution in [0.25, 0.3) is 11.4 Å². The van der Waals surface area contributed by atoms with Crippen LogP contribution in [0.5, 0.6) is 0 Å². The van der Waals surface area contributed by atoms with E-state index in [-0.39, 0.29) is 17.7 Å². The molecule has 1 unspecified atom stereocenters. The van der Waals surface area contributed by atoms with Crippen LogP contribution in [-0.2, 0) is 6.54 Å². The topological polar surface area (TPSA) is 84.4 Å². The molecule has 8 heteroatoms. The van der Waals surface area contributed by atoms with Crippen LogP contribution in [0.3, 0.4) is 0 Å². The van der Waals surface area contributed by atoms with Crippen molar-refractivity contribution in [2.75, 3.05) is 7.05 Å². The van der Waals surface area contributed by atoms with Gasteiger partial charge in [0.25, 0.3) is 0 Å². The van der Waals surface area contributed by atoms with E-state index in [2.05, 4.69) is 15.5 Å². The summed E-state index contributed by atoms with van der Waals surface area (Å²) < 4.78 is 23.4. The fourth-order valence-corrected chi connectivity index (χ4v) is 2.19. The largest absolute Gasteiger partial charge is 0.467 e. The number of benzene rings is 1. The molecule has 0 bridgehead atoms. The van der Waals surface area contributed by atoms with Gasteiger partial charge in [0.1, 0.15) is 17.6 Å². The van der Waals surface area contributed by atoms with Gasteiger partial charge in [0, 0.05) is 12.6 Å². The molecule has 7 nitrogen and oxygen atoms in total. The summed E-state index contributed by atoms with van der Waals surface area (Å²) in [5.74, 6) is 0.938. The Morgan fingerprint density at radius 3 is 2.76 bits per heavy atom. The molecule has 3 aromatic rings. The Labute approximate surface area is 143 Å². The number of hydrogen-bond acceptors (Lipinski definition) is 5. The highest BCUT2D eigenvalue weighted by Crippen LogP contribution is 2.19. The van der Waals surface area contributed by atoms with Gasteiger partial charge in [-0.3, -0.25) is 0 Å². The molecule has 0 saturated heterocycles. The minimum atomic E-state index is -0.478. The van der Waals surface area contributed by atoms with E-state index in [4.69, 9.17) is 8.94 Å². The number of amides is 2. The maximum absolute atomic E-state index is 13.0. The maximum atomic E-state index is 13.0. The second-order valence-corrected chi connectivity index (χ2v) is 5.57. The quantitative estimate of drug-likeness (QED) is 0.767.